The van der Waals surface area contributed by atoms with Gasteiger partial charge in [-0.25, -0.2) is 0 Å². The zero-order valence-electron chi connectivity index (χ0n) is 15.3. The predicted molar refractivity (Wildman–Crippen MR) is 91.2 cm³/mol. The van der Waals surface area contributed by atoms with Gasteiger partial charge < -0.3 is 15.4 Å². The van der Waals surface area contributed by atoms with Gasteiger partial charge in [-0.15, -0.1) is 0 Å². The van der Waals surface area contributed by atoms with Crippen molar-refractivity contribution < 1.29 is 19.1 Å². The summed E-state index contributed by atoms with van der Waals surface area (Å²) in [6.45, 7) is 10.8. The molecule has 1 saturated heterocycles. The Kier molecular flexibility index (Phi) is 8.18. The van der Waals surface area contributed by atoms with Crippen molar-refractivity contribution in [3.63, 3.8) is 0 Å². The molecule has 3 N–H and O–H groups in total. The zero-order valence-corrected chi connectivity index (χ0v) is 15.3. The van der Waals surface area contributed by atoms with Crippen molar-refractivity contribution in [1.82, 2.24) is 16.0 Å². The van der Waals surface area contributed by atoms with Crippen LogP contribution in [0.5, 0.6) is 0 Å². The maximum atomic E-state index is 12.3. The lowest BCUT2D eigenvalue weighted by Gasteiger charge is -2.20. The lowest BCUT2D eigenvalue weighted by molar-refractivity contribution is -0.143. The molecule has 2 amide bonds. The molecule has 0 radical (unpaired) electrons. The SMILES string of the molecule is CCOC(=O)C1NC1C(=O)N[C@@H](CC(C)C)C(=O)NCCC(C)C. The van der Waals surface area contributed by atoms with Gasteiger partial charge in [0.05, 0.1) is 6.61 Å². The average molecular weight is 341 g/mol. The first-order valence-corrected chi connectivity index (χ1v) is 8.77. The average Bonchev–Trinajstić information content (AvgIpc) is 3.26. The molecule has 0 saturated carbocycles. The van der Waals surface area contributed by atoms with Gasteiger partial charge in [0.15, 0.2) is 0 Å². The largest absolute Gasteiger partial charge is 0.465 e. The minimum absolute atomic E-state index is 0.175. The summed E-state index contributed by atoms with van der Waals surface area (Å²) < 4.78 is 4.88. The Labute approximate surface area is 144 Å². The summed E-state index contributed by atoms with van der Waals surface area (Å²) in [5.41, 5.74) is 0. The van der Waals surface area contributed by atoms with Gasteiger partial charge in [0.2, 0.25) is 11.8 Å². The molecule has 3 atom stereocenters. The van der Waals surface area contributed by atoms with E-state index in [1.807, 2.05) is 13.8 Å². The maximum absolute atomic E-state index is 12.3. The summed E-state index contributed by atoms with van der Waals surface area (Å²) >= 11 is 0. The van der Waals surface area contributed by atoms with E-state index in [1.165, 1.54) is 0 Å². The second-order valence-corrected chi connectivity index (χ2v) is 7.04. The van der Waals surface area contributed by atoms with Gasteiger partial charge in [-0.1, -0.05) is 27.7 Å². The molecule has 0 aliphatic carbocycles. The summed E-state index contributed by atoms with van der Waals surface area (Å²) in [6, 6.07) is -1.80. The summed E-state index contributed by atoms with van der Waals surface area (Å²) in [6.07, 6.45) is 1.44. The molecule has 0 aromatic rings. The fourth-order valence-corrected chi connectivity index (χ4v) is 2.37. The van der Waals surface area contributed by atoms with E-state index >= 15 is 0 Å². The molecule has 2 unspecified atom stereocenters. The van der Waals surface area contributed by atoms with Crippen molar-refractivity contribution in [2.75, 3.05) is 13.2 Å². The Morgan fingerprint density at radius 1 is 1.08 bits per heavy atom. The molecule has 24 heavy (non-hydrogen) atoms. The molecule has 1 aliphatic heterocycles. The first-order chi connectivity index (χ1) is 11.3. The van der Waals surface area contributed by atoms with Crippen molar-refractivity contribution in [2.45, 2.75) is 65.6 Å². The molecule has 1 aliphatic rings. The third-order valence-corrected chi connectivity index (χ3v) is 3.77. The summed E-state index contributed by atoms with van der Waals surface area (Å²) in [4.78, 5) is 36.1. The van der Waals surface area contributed by atoms with E-state index in [0.29, 0.717) is 18.9 Å². The van der Waals surface area contributed by atoms with Crippen molar-refractivity contribution in [3.05, 3.63) is 0 Å². The van der Waals surface area contributed by atoms with Crippen molar-refractivity contribution in [1.29, 1.82) is 0 Å². The first-order valence-electron chi connectivity index (χ1n) is 8.77. The minimum Gasteiger partial charge on any atom is -0.465 e. The van der Waals surface area contributed by atoms with E-state index in [0.717, 1.165) is 6.42 Å². The van der Waals surface area contributed by atoms with Gasteiger partial charge in [-0.05, 0) is 31.6 Å². The Morgan fingerprint density at radius 3 is 2.29 bits per heavy atom. The van der Waals surface area contributed by atoms with E-state index in [1.54, 1.807) is 6.92 Å². The molecule has 1 fully saturated rings. The number of hydrogen-bond acceptors (Lipinski definition) is 5. The van der Waals surface area contributed by atoms with Crippen LogP contribution in [-0.2, 0) is 19.1 Å². The summed E-state index contributed by atoms with van der Waals surface area (Å²) in [7, 11) is 0. The number of ether oxygens (including phenoxy) is 1. The number of esters is 1. The maximum Gasteiger partial charge on any atom is 0.325 e. The Bertz CT molecular complexity index is 451. The lowest BCUT2D eigenvalue weighted by Crippen LogP contribution is -2.49. The summed E-state index contributed by atoms with van der Waals surface area (Å²) in [5, 5.41) is 8.42. The standard InChI is InChI=1S/C17H31N3O4/c1-6-24-17(23)14-13(20-14)16(22)19-12(9-11(4)5)15(21)18-8-7-10(2)3/h10-14,20H,6-9H2,1-5H3,(H,18,21)(H,19,22)/t12-,13?,14?/m0/s1. The molecule has 1 rings (SSSR count). The topological polar surface area (TPSA) is 106 Å². The molecule has 0 spiro atoms. The fraction of sp³-hybridized carbons (Fsp3) is 0.824. The monoisotopic (exact) mass is 341 g/mol. The van der Waals surface area contributed by atoms with E-state index in [-0.39, 0.29) is 24.3 Å². The number of amides is 2. The Balaban J connectivity index is 2.52. The third-order valence-electron chi connectivity index (χ3n) is 3.77. The lowest BCUT2D eigenvalue weighted by atomic mass is 10.0. The number of hydrogen-bond donors (Lipinski definition) is 3. The van der Waals surface area contributed by atoms with Crippen LogP contribution in [-0.4, -0.2) is 49.1 Å². The van der Waals surface area contributed by atoms with Crippen molar-refractivity contribution in [2.24, 2.45) is 11.8 Å². The highest BCUT2D eigenvalue weighted by Crippen LogP contribution is 2.14. The van der Waals surface area contributed by atoms with Crippen LogP contribution in [0.25, 0.3) is 0 Å². The highest BCUT2D eigenvalue weighted by atomic mass is 16.5. The molecular formula is C17H31N3O4. The van der Waals surface area contributed by atoms with Gasteiger partial charge >= 0.3 is 5.97 Å². The smallest absolute Gasteiger partial charge is 0.325 e. The number of nitrogens with one attached hydrogen (secondary N) is 3. The quantitative estimate of drug-likeness (QED) is 0.398. The van der Waals surface area contributed by atoms with Crippen LogP contribution in [0.3, 0.4) is 0 Å². The molecule has 0 aromatic heterocycles. The molecule has 0 aromatic carbocycles. The van der Waals surface area contributed by atoms with E-state index in [9.17, 15) is 14.4 Å². The molecule has 0 bridgehead atoms. The zero-order chi connectivity index (χ0) is 18.3. The van der Waals surface area contributed by atoms with E-state index in [4.69, 9.17) is 4.74 Å². The molecule has 1 heterocycles. The second kappa shape index (κ2) is 9.61. The van der Waals surface area contributed by atoms with Gasteiger partial charge in [-0.2, -0.15) is 0 Å². The van der Waals surface area contributed by atoms with E-state index < -0.39 is 24.1 Å². The highest BCUT2D eigenvalue weighted by Gasteiger charge is 2.49. The minimum atomic E-state index is -0.609. The Hall–Kier alpha value is -1.63. The number of carbonyl (C=O) groups is 3. The van der Waals surface area contributed by atoms with Crippen molar-refractivity contribution in [3.8, 4) is 0 Å². The van der Waals surface area contributed by atoms with E-state index in [2.05, 4.69) is 29.8 Å². The first kappa shape index (κ1) is 20.4. The predicted octanol–water partition coefficient (Wildman–Crippen LogP) is 0.583. The molecule has 138 valence electrons. The van der Waals surface area contributed by atoms with Crippen LogP contribution in [0.1, 0.15) is 47.5 Å². The second-order valence-electron chi connectivity index (χ2n) is 7.04. The molecule has 7 nitrogen and oxygen atoms in total. The van der Waals surface area contributed by atoms with Gasteiger partial charge in [0.25, 0.3) is 0 Å². The van der Waals surface area contributed by atoms with Gasteiger partial charge in [-0.3, -0.25) is 19.7 Å². The Morgan fingerprint density at radius 2 is 1.75 bits per heavy atom. The third kappa shape index (κ3) is 6.86. The van der Waals surface area contributed by atoms with Crippen LogP contribution >= 0.6 is 0 Å². The van der Waals surface area contributed by atoms with Crippen LogP contribution in [0.2, 0.25) is 0 Å². The van der Waals surface area contributed by atoms with Crippen LogP contribution in [0, 0.1) is 11.8 Å². The van der Waals surface area contributed by atoms with Crippen LogP contribution in [0.15, 0.2) is 0 Å². The van der Waals surface area contributed by atoms with Crippen LogP contribution < -0.4 is 16.0 Å². The van der Waals surface area contributed by atoms with Crippen molar-refractivity contribution >= 4 is 17.8 Å². The van der Waals surface area contributed by atoms with Crippen LogP contribution in [0.4, 0.5) is 0 Å². The number of rotatable bonds is 10. The number of carbonyl (C=O) groups excluding carboxylic acids is 3. The fourth-order valence-electron chi connectivity index (χ4n) is 2.37. The molecular weight excluding hydrogens is 310 g/mol. The summed E-state index contributed by atoms with van der Waals surface area (Å²) in [5.74, 6) is -0.174. The molecule has 7 heteroatoms. The normalized spacial score (nSPS) is 20.6. The highest BCUT2D eigenvalue weighted by molar-refractivity contribution is 5.97. The van der Waals surface area contributed by atoms with Gasteiger partial charge in [0, 0.05) is 6.54 Å². The van der Waals surface area contributed by atoms with Gasteiger partial charge in [0.1, 0.15) is 18.1 Å².